The highest BCUT2D eigenvalue weighted by Crippen LogP contribution is 2.50. The fourth-order valence-corrected chi connectivity index (χ4v) is 16.1. The molecule has 13 aromatic carbocycles. The zero-order valence-electron chi connectivity index (χ0n) is 46.8. The van der Waals surface area contributed by atoms with Crippen molar-refractivity contribution in [3.8, 4) is 33.4 Å². The molecule has 0 amide bonds. The molecule has 0 aromatic heterocycles. The van der Waals surface area contributed by atoms with Crippen LogP contribution in [0.4, 0.5) is 62.6 Å². The molecule has 0 spiro atoms. The largest absolute Gasteiger partial charge is 0.356 e. The van der Waals surface area contributed by atoms with Crippen molar-refractivity contribution in [1.82, 2.24) is 0 Å². The molecule has 0 aliphatic carbocycles. The molecule has 8 heteroatoms. The van der Waals surface area contributed by atoms with Gasteiger partial charge in [0.2, 0.25) is 13.4 Å². The van der Waals surface area contributed by atoms with Gasteiger partial charge >= 0.3 is 0 Å². The molecule has 1 N–H and O–H groups in total. The maximum Gasteiger partial charge on any atom is 0.249 e. The van der Waals surface area contributed by atoms with Crippen LogP contribution in [0.5, 0.6) is 0 Å². The third-order valence-electron chi connectivity index (χ3n) is 17.5. The van der Waals surface area contributed by atoms with Crippen molar-refractivity contribution >= 4 is 132 Å². The lowest BCUT2D eigenvalue weighted by Gasteiger charge is -2.43. The minimum absolute atomic E-state index is 0.00780. The van der Waals surface area contributed by atoms with E-state index >= 15 is 0 Å². The minimum Gasteiger partial charge on any atom is -0.356 e. The van der Waals surface area contributed by atoms with Crippen LogP contribution in [0.2, 0.25) is 0 Å². The number of benzene rings is 13. The Morgan fingerprint density at radius 3 is 1.36 bits per heavy atom. The van der Waals surface area contributed by atoms with Gasteiger partial charge in [-0.05, 0) is 147 Å². The number of hydrogen-bond donors (Lipinski definition) is 1. The van der Waals surface area contributed by atoms with Gasteiger partial charge in [-0.3, -0.25) is 0 Å². The highest BCUT2D eigenvalue weighted by Gasteiger charge is 2.45. The fourth-order valence-electron chi connectivity index (χ4n) is 13.7. The SMILES string of the molecule is c1ccc(-c2ccc(N(c3ccc(-c4ccccc4)cc3)c3cc4c5c(c3)N(c3ccccc3-c3ccccc3)c3cc6c(cc3B5c3ccccc3S4)B3c4ccccc4Nc4cc(N(c5ccccc5)c5ccccc5)cc(c43)S6)cc2)cc1. The average Bonchev–Trinajstić information content (AvgIpc) is 0.796. The van der Waals surface area contributed by atoms with Gasteiger partial charge in [0.1, 0.15) is 0 Å². The number of para-hydroxylation sites is 4. The van der Waals surface area contributed by atoms with Crippen LogP contribution in [0.15, 0.2) is 329 Å². The molecule has 13 aromatic rings. The smallest absolute Gasteiger partial charge is 0.249 e. The molecular weight excluding hydrogens is 1080 g/mol. The van der Waals surface area contributed by atoms with E-state index in [1.807, 2.05) is 23.5 Å². The molecule has 0 atom stereocenters. The maximum atomic E-state index is 3.99. The minimum atomic E-state index is -0.0498. The molecule has 4 heterocycles. The van der Waals surface area contributed by atoms with Crippen LogP contribution in [0, 0.1) is 0 Å². The second kappa shape index (κ2) is 20.9. The third kappa shape index (κ3) is 8.50. The van der Waals surface area contributed by atoms with Crippen molar-refractivity contribution in [1.29, 1.82) is 0 Å². The van der Waals surface area contributed by atoms with E-state index < -0.39 is 0 Å². The van der Waals surface area contributed by atoms with E-state index in [1.54, 1.807) is 0 Å². The zero-order valence-corrected chi connectivity index (χ0v) is 48.4. The summed E-state index contributed by atoms with van der Waals surface area (Å²) in [6.07, 6.45) is 0. The van der Waals surface area contributed by atoms with Crippen LogP contribution in [-0.4, -0.2) is 13.4 Å². The normalized spacial score (nSPS) is 12.8. The van der Waals surface area contributed by atoms with Crippen molar-refractivity contribution in [2.75, 3.05) is 20.0 Å². The molecule has 0 radical (unpaired) electrons. The van der Waals surface area contributed by atoms with Crippen LogP contribution in [-0.2, 0) is 0 Å². The van der Waals surface area contributed by atoms with E-state index in [9.17, 15) is 0 Å². The summed E-state index contributed by atoms with van der Waals surface area (Å²) in [6, 6.07) is 114. The Balaban J connectivity index is 0.908. The molecule has 17 rings (SSSR count). The summed E-state index contributed by atoms with van der Waals surface area (Å²) in [7, 11) is 0. The van der Waals surface area contributed by atoms with E-state index in [4.69, 9.17) is 0 Å². The van der Waals surface area contributed by atoms with Crippen LogP contribution in [0.1, 0.15) is 0 Å². The second-order valence-corrected chi connectivity index (χ2v) is 24.6. The van der Waals surface area contributed by atoms with Gasteiger partial charge < -0.3 is 20.0 Å². The van der Waals surface area contributed by atoms with Gasteiger partial charge in [0.25, 0.3) is 0 Å². The maximum absolute atomic E-state index is 3.99. The number of nitrogens with one attached hydrogen (secondary N) is 1. The van der Waals surface area contributed by atoms with Gasteiger partial charge in [0.05, 0.1) is 5.69 Å². The summed E-state index contributed by atoms with van der Waals surface area (Å²) >= 11 is 3.81. The summed E-state index contributed by atoms with van der Waals surface area (Å²) in [5, 5.41) is 3.99. The van der Waals surface area contributed by atoms with Crippen LogP contribution in [0.25, 0.3) is 33.4 Å². The standard InChI is InChI=1S/C78H52B2N4S2/c1-6-22-52(23-7-1)54-38-42-59(43-39-54)83(60-44-40-55(41-45-60)53-24-8-2-9-25-53)62-47-72-78-76(49-62)85-73-37-21-18-34-65(73)80(78)66-50-67-74(51-71(66)84(72)70-36-20-16-32-63(70)56-26-10-3-11-27-56)86-75-48-61(46-69-77(75)79(67)64-33-17-19-35-68(64)81-69)82(57-28-12-4-13-29-57)58-30-14-5-15-31-58/h1-51,81H. The van der Waals surface area contributed by atoms with Crippen LogP contribution < -0.4 is 52.8 Å². The quantitative estimate of drug-likeness (QED) is 0.137. The van der Waals surface area contributed by atoms with Gasteiger partial charge in [0, 0.05) is 82.0 Å². The van der Waals surface area contributed by atoms with Gasteiger partial charge in [-0.1, -0.05) is 247 Å². The van der Waals surface area contributed by atoms with E-state index in [0.29, 0.717) is 0 Å². The first-order valence-electron chi connectivity index (χ1n) is 29.5. The molecule has 0 saturated carbocycles. The number of hydrogen-bond acceptors (Lipinski definition) is 6. The zero-order chi connectivity index (χ0) is 56.7. The van der Waals surface area contributed by atoms with Crippen molar-refractivity contribution in [2.45, 2.75) is 19.6 Å². The first-order valence-corrected chi connectivity index (χ1v) is 31.1. The lowest BCUT2D eigenvalue weighted by atomic mass is 9.31. The van der Waals surface area contributed by atoms with E-state index in [1.165, 1.54) is 97.1 Å². The molecule has 0 fully saturated rings. The van der Waals surface area contributed by atoms with Crippen LogP contribution >= 0.6 is 23.5 Å². The van der Waals surface area contributed by atoms with E-state index in [2.05, 4.69) is 329 Å². The Hall–Kier alpha value is -10.1. The molecule has 0 unspecified atom stereocenters. The fraction of sp³-hybridized carbons (Fsp3) is 0. The summed E-state index contributed by atoms with van der Waals surface area (Å²) in [5.41, 5.74) is 27.4. The Kier molecular flexibility index (Phi) is 12.2. The third-order valence-corrected chi connectivity index (χ3v) is 19.8. The monoisotopic (exact) mass is 1130 g/mol. The van der Waals surface area contributed by atoms with Crippen molar-refractivity contribution < 1.29 is 0 Å². The van der Waals surface area contributed by atoms with Crippen molar-refractivity contribution in [3.05, 3.63) is 309 Å². The summed E-state index contributed by atoms with van der Waals surface area (Å²) in [4.78, 5) is 12.5. The number of fused-ring (bicyclic) bond motifs is 8. The molecule has 402 valence electrons. The summed E-state index contributed by atoms with van der Waals surface area (Å²) < 4.78 is 0. The van der Waals surface area contributed by atoms with Gasteiger partial charge in [-0.2, -0.15) is 0 Å². The van der Waals surface area contributed by atoms with Crippen LogP contribution in [0.3, 0.4) is 0 Å². The molecular formula is C78H52B2N4S2. The highest BCUT2D eigenvalue weighted by molar-refractivity contribution is 8.00. The topological polar surface area (TPSA) is 21.8 Å². The molecule has 4 aliphatic heterocycles. The summed E-state index contributed by atoms with van der Waals surface area (Å²) in [6.45, 7) is -0.0576. The first-order chi connectivity index (χ1) is 42.6. The highest BCUT2D eigenvalue weighted by atomic mass is 32.2. The van der Waals surface area contributed by atoms with Crippen molar-refractivity contribution in [3.63, 3.8) is 0 Å². The molecule has 4 aliphatic rings. The molecule has 0 bridgehead atoms. The number of rotatable bonds is 10. The van der Waals surface area contributed by atoms with Crippen molar-refractivity contribution in [2.24, 2.45) is 0 Å². The molecule has 0 saturated heterocycles. The van der Waals surface area contributed by atoms with E-state index in [0.717, 1.165) is 51.2 Å². The Morgan fingerprint density at radius 1 is 0.267 bits per heavy atom. The predicted octanol–water partition coefficient (Wildman–Crippen LogP) is 17.4. The Morgan fingerprint density at radius 2 is 0.733 bits per heavy atom. The predicted molar refractivity (Wildman–Crippen MR) is 367 cm³/mol. The number of nitrogens with zero attached hydrogens (tertiary/aromatic N) is 3. The summed E-state index contributed by atoms with van der Waals surface area (Å²) in [5.74, 6) is 0. The Bertz CT molecular complexity index is 4620. The lowest BCUT2D eigenvalue weighted by molar-refractivity contribution is 1.22. The van der Waals surface area contributed by atoms with Gasteiger partial charge in [-0.25, -0.2) is 0 Å². The second-order valence-electron chi connectivity index (χ2n) is 22.4. The first kappa shape index (κ1) is 50.4. The number of anilines is 11. The van der Waals surface area contributed by atoms with E-state index in [-0.39, 0.29) is 13.4 Å². The molecule has 4 nitrogen and oxygen atoms in total. The average molecular weight is 1130 g/mol. The van der Waals surface area contributed by atoms with Gasteiger partial charge in [-0.15, -0.1) is 0 Å². The molecule has 86 heavy (non-hydrogen) atoms. The van der Waals surface area contributed by atoms with Gasteiger partial charge in [0.15, 0.2) is 0 Å². The Labute approximate surface area is 511 Å². The lowest BCUT2D eigenvalue weighted by Crippen LogP contribution is -2.63.